The molecule has 10 heteroatoms. The number of ether oxygens (including phenoxy) is 1. The molecule has 2 aromatic heterocycles. The number of alkyl halides is 2. The van der Waals surface area contributed by atoms with E-state index in [1.165, 1.54) is 35.2 Å². The number of hydrogen-bond donors (Lipinski definition) is 0. The smallest absolute Gasteiger partial charge is 0.272 e. The second-order valence-electron chi connectivity index (χ2n) is 7.31. The minimum absolute atomic E-state index is 0.0543. The van der Waals surface area contributed by atoms with Gasteiger partial charge in [-0.2, -0.15) is 0 Å². The lowest BCUT2D eigenvalue weighted by molar-refractivity contribution is 0.0169. The van der Waals surface area contributed by atoms with E-state index in [0.717, 1.165) is 13.1 Å². The summed E-state index contributed by atoms with van der Waals surface area (Å²) < 4.78 is 52.1. The van der Waals surface area contributed by atoms with E-state index in [0.29, 0.717) is 6.54 Å². The van der Waals surface area contributed by atoms with Crippen molar-refractivity contribution in [2.24, 2.45) is 0 Å². The Kier molecular flexibility index (Phi) is 6.81. The molecule has 0 aliphatic heterocycles. The normalized spacial score (nSPS) is 12.5. The van der Waals surface area contributed by atoms with Gasteiger partial charge in [0, 0.05) is 38.2 Å². The van der Waals surface area contributed by atoms with Gasteiger partial charge in [0.1, 0.15) is 12.4 Å². The largest absolute Gasteiger partial charge is 0.475 e. The molecule has 3 rings (SSSR count). The van der Waals surface area contributed by atoms with Crippen LogP contribution in [0, 0.1) is 12.7 Å². The second kappa shape index (κ2) is 9.37. The van der Waals surface area contributed by atoms with Crippen molar-refractivity contribution >= 4 is 5.91 Å². The van der Waals surface area contributed by atoms with Crippen LogP contribution in [0.1, 0.15) is 42.6 Å². The molecule has 0 saturated carbocycles. The van der Waals surface area contributed by atoms with Crippen molar-refractivity contribution < 1.29 is 27.1 Å². The predicted octanol–water partition coefficient (Wildman–Crippen LogP) is 4.62. The van der Waals surface area contributed by atoms with E-state index < -0.39 is 23.7 Å². The third kappa shape index (κ3) is 5.06. The van der Waals surface area contributed by atoms with Crippen LogP contribution in [0.25, 0.3) is 11.5 Å². The van der Waals surface area contributed by atoms with Gasteiger partial charge in [0.2, 0.25) is 11.8 Å². The molecule has 32 heavy (non-hydrogen) atoms. The number of likely N-dealkylation sites (N-methyl/N-ethyl adjacent to an activating group) is 1. The Morgan fingerprint density at radius 1 is 1.25 bits per heavy atom. The number of halogens is 3. The molecule has 0 unspecified atom stereocenters. The van der Waals surface area contributed by atoms with Crippen LogP contribution in [0.2, 0.25) is 0 Å². The Morgan fingerprint density at radius 2 is 2.00 bits per heavy atom. The van der Waals surface area contributed by atoms with Gasteiger partial charge in [0.25, 0.3) is 17.7 Å². The van der Waals surface area contributed by atoms with Gasteiger partial charge in [-0.3, -0.25) is 4.79 Å². The van der Waals surface area contributed by atoms with E-state index in [2.05, 4.69) is 15.2 Å². The minimum atomic E-state index is -3.00. The van der Waals surface area contributed by atoms with E-state index in [1.807, 2.05) is 0 Å². The first-order valence-electron chi connectivity index (χ1n) is 9.99. The molecule has 0 aliphatic carbocycles. The fourth-order valence-electron chi connectivity index (χ4n) is 3.15. The van der Waals surface area contributed by atoms with Crippen molar-refractivity contribution in [1.82, 2.24) is 20.1 Å². The molecule has 3 aromatic rings. The van der Waals surface area contributed by atoms with Gasteiger partial charge in [-0.15, -0.1) is 10.2 Å². The molecular weight excluding hydrogens is 425 g/mol. The molecule has 0 saturated heterocycles. The summed E-state index contributed by atoms with van der Waals surface area (Å²) in [6.45, 7) is 6.26. The zero-order valence-electron chi connectivity index (χ0n) is 18.1. The van der Waals surface area contributed by atoms with Gasteiger partial charge >= 0.3 is 0 Å². The zero-order chi connectivity index (χ0) is 23.5. The Labute approximate surface area is 183 Å². The van der Waals surface area contributed by atoms with Crippen LogP contribution in [0.3, 0.4) is 0 Å². The number of amides is 1. The van der Waals surface area contributed by atoms with Gasteiger partial charge in [-0.05, 0) is 32.0 Å². The first-order valence-corrected chi connectivity index (χ1v) is 9.99. The first-order chi connectivity index (χ1) is 15.1. The third-order valence-electron chi connectivity index (χ3n) is 4.83. The monoisotopic (exact) mass is 448 g/mol. The number of hydrogen-bond acceptors (Lipinski definition) is 6. The van der Waals surface area contributed by atoms with Crippen LogP contribution >= 0.6 is 0 Å². The third-order valence-corrected chi connectivity index (χ3v) is 4.83. The summed E-state index contributed by atoms with van der Waals surface area (Å²) in [6, 6.07) is 6.29. The lowest BCUT2D eigenvalue weighted by Gasteiger charge is -2.28. The molecule has 0 spiro atoms. The zero-order valence-corrected chi connectivity index (χ0v) is 18.1. The summed E-state index contributed by atoms with van der Waals surface area (Å²) in [5, 5.41) is 7.54. The van der Waals surface area contributed by atoms with Crippen LogP contribution in [0.15, 0.2) is 40.9 Å². The molecule has 0 bridgehead atoms. The maximum Gasteiger partial charge on any atom is 0.272 e. The Morgan fingerprint density at radius 3 is 2.56 bits per heavy atom. The quantitative estimate of drug-likeness (QED) is 0.500. The van der Waals surface area contributed by atoms with Crippen LogP contribution in [0.4, 0.5) is 13.2 Å². The maximum atomic E-state index is 14.6. The predicted molar refractivity (Wildman–Crippen MR) is 110 cm³/mol. The summed E-state index contributed by atoms with van der Waals surface area (Å²) >= 11 is 0. The van der Waals surface area contributed by atoms with Crippen LogP contribution in [0.5, 0.6) is 5.88 Å². The van der Waals surface area contributed by atoms with Crippen LogP contribution in [-0.2, 0) is 5.92 Å². The minimum Gasteiger partial charge on any atom is -0.475 e. The molecule has 1 atom stereocenters. The van der Waals surface area contributed by atoms with Gasteiger partial charge < -0.3 is 14.1 Å². The summed E-state index contributed by atoms with van der Waals surface area (Å²) in [5.41, 5.74) is -0.212. The average Bonchev–Trinajstić information content (AvgIpc) is 3.18. The number of aryl methyl sites for hydroxylation is 1. The molecule has 1 aromatic carbocycles. The SMILES string of the molecule is CCN(C(=O)c1cccc(F)c1-c1nnc(C)o1)[C@@H](C)COc1ccc(C(C)(F)F)cn1. The molecule has 0 aliphatic rings. The summed E-state index contributed by atoms with van der Waals surface area (Å²) in [6.07, 6.45) is 1.05. The van der Waals surface area contributed by atoms with Crippen molar-refractivity contribution in [1.29, 1.82) is 0 Å². The van der Waals surface area contributed by atoms with E-state index in [4.69, 9.17) is 9.15 Å². The second-order valence-corrected chi connectivity index (χ2v) is 7.31. The molecule has 0 N–H and O–H groups in total. The average molecular weight is 448 g/mol. The highest BCUT2D eigenvalue weighted by molar-refractivity contribution is 6.00. The number of aromatic nitrogens is 3. The number of nitrogens with zero attached hydrogens (tertiary/aromatic N) is 4. The van der Waals surface area contributed by atoms with Crippen LogP contribution < -0.4 is 4.74 Å². The van der Waals surface area contributed by atoms with Crippen molar-refractivity contribution in [3.63, 3.8) is 0 Å². The van der Waals surface area contributed by atoms with E-state index >= 15 is 0 Å². The van der Waals surface area contributed by atoms with E-state index in [1.54, 1.807) is 20.8 Å². The fourth-order valence-corrected chi connectivity index (χ4v) is 3.15. The lowest BCUT2D eigenvalue weighted by atomic mass is 10.0. The molecular formula is C22H23F3N4O3. The Hall–Kier alpha value is -3.43. The number of carbonyl (C=O) groups is 1. The highest BCUT2D eigenvalue weighted by atomic mass is 19.3. The van der Waals surface area contributed by atoms with Crippen molar-refractivity contribution in [3.05, 3.63) is 59.4 Å². The van der Waals surface area contributed by atoms with E-state index in [-0.39, 0.29) is 41.0 Å². The highest BCUT2D eigenvalue weighted by Gasteiger charge is 2.27. The van der Waals surface area contributed by atoms with Gasteiger partial charge in [-0.1, -0.05) is 6.07 Å². The number of benzene rings is 1. The van der Waals surface area contributed by atoms with Crippen molar-refractivity contribution in [2.75, 3.05) is 13.2 Å². The van der Waals surface area contributed by atoms with Crippen molar-refractivity contribution in [3.8, 4) is 17.3 Å². The highest BCUT2D eigenvalue weighted by Crippen LogP contribution is 2.28. The summed E-state index contributed by atoms with van der Waals surface area (Å²) in [7, 11) is 0. The molecule has 170 valence electrons. The lowest BCUT2D eigenvalue weighted by Crippen LogP contribution is -2.42. The fraction of sp³-hybridized carbons (Fsp3) is 0.364. The topological polar surface area (TPSA) is 81.4 Å². The van der Waals surface area contributed by atoms with Gasteiger partial charge in [-0.25, -0.2) is 18.2 Å². The molecule has 2 heterocycles. The molecule has 0 fully saturated rings. The standard InChI is InChI=1S/C22H23F3N4O3/c1-5-29(13(2)12-31-18-10-9-15(11-26-18)22(4,24)25)21(30)16-7-6-8-17(23)19(16)20-28-27-14(3)32-20/h6-11,13H,5,12H2,1-4H3/t13-/m0/s1. The summed E-state index contributed by atoms with van der Waals surface area (Å²) in [5.74, 6) is -3.78. The molecule has 7 nitrogen and oxygen atoms in total. The maximum absolute atomic E-state index is 14.6. The number of rotatable bonds is 8. The van der Waals surface area contributed by atoms with Gasteiger partial charge in [0.15, 0.2) is 0 Å². The molecule has 1 amide bonds. The summed E-state index contributed by atoms with van der Waals surface area (Å²) in [4.78, 5) is 18.6. The van der Waals surface area contributed by atoms with E-state index in [9.17, 15) is 18.0 Å². The Bertz CT molecular complexity index is 1080. The Balaban J connectivity index is 1.77. The number of carbonyl (C=O) groups excluding carboxylic acids is 1. The molecule has 0 radical (unpaired) electrons. The van der Waals surface area contributed by atoms with Crippen molar-refractivity contribution in [2.45, 2.75) is 39.7 Å². The first kappa shape index (κ1) is 23.2. The van der Waals surface area contributed by atoms with Gasteiger partial charge in [0.05, 0.1) is 17.2 Å². The van der Waals surface area contributed by atoms with Crippen LogP contribution in [-0.4, -0.2) is 45.2 Å². The number of pyridine rings is 1.